The number of allylic oxidation sites excluding steroid dienone is 4. The lowest BCUT2D eigenvalue weighted by molar-refractivity contribution is -0.124. The van der Waals surface area contributed by atoms with Gasteiger partial charge in [-0.15, -0.1) is 0 Å². The third kappa shape index (κ3) is 0.788. The SMILES string of the molecule is CC12C=CC=CC3C=CC1NC(=O)C32. The molecule has 72 valence electrons. The van der Waals surface area contributed by atoms with Crippen molar-refractivity contribution in [2.75, 3.05) is 0 Å². The molecule has 3 rings (SSSR count). The second-order valence-corrected chi connectivity index (χ2v) is 4.54. The predicted octanol–water partition coefficient (Wildman–Crippen LogP) is 1.42. The van der Waals surface area contributed by atoms with Crippen LogP contribution < -0.4 is 5.32 Å². The van der Waals surface area contributed by atoms with Crippen molar-refractivity contribution in [3.63, 3.8) is 0 Å². The number of nitrogens with one attached hydrogen (secondary N) is 1. The molecule has 0 aromatic carbocycles. The number of rotatable bonds is 0. The summed E-state index contributed by atoms with van der Waals surface area (Å²) < 4.78 is 0. The van der Waals surface area contributed by atoms with Gasteiger partial charge in [0.15, 0.2) is 0 Å². The molecule has 4 unspecified atom stereocenters. The Morgan fingerprint density at radius 1 is 1.29 bits per heavy atom. The van der Waals surface area contributed by atoms with E-state index in [2.05, 4.69) is 42.6 Å². The van der Waals surface area contributed by atoms with E-state index in [0.29, 0.717) is 0 Å². The summed E-state index contributed by atoms with van der Waals surface area (Å²) >= 11 is 0. The smallest absolute Gasteiger partial charge is 0.225 e. The average molecular weight is 187 g/mol. The maximum absolute atomic E-state index is 11.8. The molecule has 0 spiro atoms. The summed E-state index contributed by atoms with van der Waals surface area (Å²) in [6.45, 7) is 2.17. The van der Waals surface area contributed by atoms with Gasteiger partial charge in [0, 0.05) is 11.3 Å². The van der Waals surface area contributed by atoms with Crippen molar-refractivity contribution in [1.82, 2.24) is 5.32 Å². The predicted molar refractivity (Wildman–Crippen MR) is 54.4 cm³/mol. The molecule has 1 fully saturated rings. The molecule has 14 heavy (non-hydrogen) atoms. The van der Waals surface area contributed by atoms with Crippen LogP contribution in [0, 0.1) is 17.3 Å². The van der Waals surface area contributed by atoms with Crippen LogP contribution in [0.1, 0.15) is 6.92 Å². The topological polar surface area (TPSA) is 29.1 Å². The van der Waals surface area contributed by atoms with E-state index in [-0.39, 0.29) is 29.2 Å². The summed E-state index contributed by atoms with van der Waals surface area (Å²) in [5.41, 5.74) is -0.0278. The molecule has 0 aromatic heterocycles. The van der Waals surface area contributed by atoms with Crippen molar-refractivity contribution in [2.24, 2.45) is 17.3 Å². The molecule has 4 atom stereocenters. The lowest BCUT2D eigenvalue weighted by atomic mass is 9.66. The quantitative estimate of drug-likeness (QED) is 0.571. The van der Waals surface area contributed by atoms with Gasteiger partial charge >= 0.3 is 0 Å². The highest BCUT2D eigenvalue weighted by molar-refractivity contribution is 5.85. The molecule has 4 bridgehead atoms. The summed E-state index contributed by atoms with van der Waals surface area (Å²) in [5.74, 6) is 0.560. The molecule has 2 heteroatoms. The summed E-state index contributed by atoms with van der Waals surface area (Å²) in [6.07, 6.45) is 12.7. The van der Waals surface area contributed by atoms with Gasteiger partial charge in [0.25, 0.3) is 0 Å². The van der Waals surface area contributed by atoms with Gasteiger partial charge in [-0.2, -0.15) is 0 Å². The molecule has 3 aliphatic rings. The first-order valence-electron chi connectivity index (χ1n) is 5.06. The fourth-order valence-corrected chi connectivity index (χ4v) is 2.91. The third-order valence-corrected chi connectivity index (χ3v) is 3.73. The van der Waals surface area contributed by atoms with Crippen LogP contribution in [-0.4, -0.2) is 11.9 Å². The number of hydrogen-bond donors (Lipinski definition) is 1. The zero-order valence-electron chi connectivity index (χ0n) is 8.10. The highest BCUT2D eigenvalue weighted by Crippen LogP contribution is 2.48. The van der Waals surface area contributed by atoms with Crippen LogP contribution in [0.15, 0.2) is 36.5 Å². The van der Waals surface area contributed by atoms with Gasteiger partial charge in [0.05, 0.1) is 12.0 Å². The van der Waals surface area contributed by atoms with Gasteiger partial charge in [-0.25, -0.2) is 0 Å². The molecule has 2 aliphatic carbocycles. The molecule has 1 aliphatic heterocycles. The number of hydrogen-bond acceptors (Lipinski definition) is 1. The number of amides is 1. The maximum Gasteiger partial charge on any atom is 0.225 e. The number of carbonyl (C=O) groups excluding carboxylic acids is 1. The summed E-state index contributed by atoms with van der Waals surface area (Å²) in [4.78, 5) is 11.8. The van der Waals surface area contributed by atoms with Gasteiger partial charge in [0.2, 0.25) is 5.91 Å². The first-order chi connectivity index (χ1) is 6.72. The molecule has 2 nitrogen and oxygen atoms in total. The Labute approximate surface area is 83.4 Å². The summed E-state index contributed by atoms with van der Waals surface area (Å²) in [7, 11) is 0. The van der Waals surface area contributed by atoms with Crippen molar-refractivity contribution in [2.45, 2.75) is 13.0 Å². The van der Waals surface area contributed by atoms with Crippen molar-refractivity contribution >= 4 is 5.91 Å². The zero-order valence-corrected chi connectivity index (χ0v) is 8.10. The van der Waals surface area contributed by atoms with Crippen LogP contribution in [0.5, 0.6) is 0 Å². The van der Waals surface area contributed by atoms with Crippen molar-refractivity contribution in [3.05, 3.63) is 36.5 Å². The Balaban J connectivity index is 2.21. The monoisotopic (exact) mass is 187 g/mol. The van der Waals surface area contributed by atoms with E-state index in [4.69, 9.17) is 0 Å². The van der Waals surface area contributed by atoms with Crippen molar-refractivity contribution in [1.29, 1.82) is 0 Å². The average Bonchev–Trinajstić information content (AvgIpc) is 2.31. The fourth-order valence-electron chi connectivity index (χ4n) is 2.91. The largest absolute Gasteiger partial charge is 0.349 e. The van der Waals surface area contributed by atoms with E-state index in [0.717, 1.165) is 0 Å². The molecular formula is C12H13NO. The Morgan fingerprint density at radius 2 is 2.14 bits per heavy atom. The maximum atomic E-state index is 11.8. The van der Waals surface area contributed by atoms with Crippen LogP contribution in [0.2, 0.25) is 0 Å². The van der Waals surface area contributed by atoms with Crippen LogP contribution in [0.3, 0.4) is 0 Å². The Hall–Kier alpha value is -1.31. The van der Waals surface area contributed by atoms with Gasteiger partial charge in [-0.05, 0) is 0 Å². The van der Waals surface area contributed by atoms with Gasteiger partial charge in [-0.1, -0.05) is 43.4 Å². The molecule has 1 N–H and O–H groups in total. The third-order valence-electron chi connectivity index (χ3n) is 3.73. The van der Waals surface area contributed by atoms with Crippen LogP contribution in [-0.2, 0) is 4.79 Å². The van der Waals surface area contributed by atoms with E-state index in [1.165, 1.54) is 0 Å². The second kappa shape index (κ2) is 2.38. The van der Waals surface area contributed by atoms with E-state index in [1.807, 2.05) is 6.08 Å². The Morgan fingerprint density at radius 3 is 3.00 bits per heavy atom. The van der Waals surface area contributed by atoms with E-state index in [9.17, 15) is 4.79 Å². The van der Waals surface area contributed by atoms with E-state index in [1.54, 1.807) is 0 Å². The minimum Gasteiger partial charge on any atom is -0.349 e. The van der Waals surface area contributed by atoms with Crippen molar-refractivity contribution in [3.8, 4) is 0 Å². The van der Waals surface area contributed by atoms with Crippen LogP contribution in [0.25, 0.3) is 0 Å². The van der Waals surface area contributed by atoms with Crippen LogP contribution in [0.4, 0.5) is 0 Å². The van der Waals surface area contributed by atoms with Crippen LogP contribution >= 0.6 is 0 Å². The van der Waals surface area contributed by atoms with Crippen molar-refractivity contribution < 1.29 is 4.79 Å². The number of carbonyl (C=O) groups is 1. The Bertz CT molecular complexity index is 380. The standard InChI is InChI=1S/C12H13NO/c1-12-7-3-2-4-8-5-6-9(12)13-11(14)10(8)12/h2-10H,1H3,(H,13,14). The van der Waals surface area contributed by atoms with E-state index >= 15 is 0 Å². The lowest BCUT2D eigenvalue weighted by Gasteiger charge is -2.35. The van der Waals surface area contributed by atoms with E-state index < -0.39 is 0 Å². The minimum absolute atomic E-state index is 0.0278. The van der Waals surface area contributed by atoms with Gasteiger partial charge in [-0.3, -0.25) is 4.79 Å². The molecule has 0 aromatic rings. The molecule has 1 amide bonds. The highest BCUT2D eigenvalue weighted by atomic mass is 16.2. The lowest BCUT2D eigenvalue weighted by Crippen LogP contribution is -2.38. The highest BCUT2D eigenvalue weighted by Gasteiger charge is 2.53. The van der Waals surface area contributed by atoms with Gasteiger partial charge in [0.1, 0.15) is 0 Å². The molecule has 1 heterocycles. The second-order valence-electron chi connectivity index (χ2n) is 4.54. The molecule has 1 saturated heterocycles. The molecular weight excluding hydrogens is 174 g/mol. The molecule has 0 radical (unpaired) electrons. The van der Waals surface area contributed by atoms with Gasteiger partial charge < -0.3 is 5.32 Å². The first kappa shape index (κ1) is 8.04. The zero-order chi connectivity index (χ0) is 9.76. The molecule has 0 saturated carbocycles. The minimum atomic E-state index is -0.0278. The fraction of sp³-hybridized carbons (Fsp3) is 0.417. The Kier molecular flexibility index (Phi) is 1.37. The normalized spacial score (nSPS) is 47.8. The summed E-state index contributed by atoms with van der Waals surface area (Å²) in [5, 5.41) is 3.04. The summed E-state index contributed by atoms with van der Waals surface area (Å²) in [6, 6.07) is 0.187. The first-order valence-corrected chi connectivity index (χ1v) is 5.06.